The summed E-state index contributed by atoms with van der Waals surface area (Å²) in [5, 5.41) is 3.43. The highest BCUT2D eigenvalue weighted by atomic mass is 32.2. The van der Waals surface area contributed by atoms with Crippen molar-refractivity contribution in [2.24, 2.45) is 5.92 Å². The Balaban J connectivity index is 1.71. The minimum Gasteiger partial charge on any atom is -0.383 e. The van der Waals surface area contributed by atoms with E-state index in [1.807, 2.05) is 35.2 Å². The average Bonchev–Trinajstić information content (AvgIpc) is 2.78. The fraction of sp³-hybridized carbons (Fsp3) is 0.467. The first-order chi connectivity index (χ1) is 9.65. The molecule has 0 aromatic heterocycles. The maximum atomic E-state index is 11.9. The molecule has 0 saturated carbocycles. The number of para-hydroxylation sites is 1. The first-order valence-electron chi connectivity index (χ1n) is 6.85. The Morgan fingerprint density at radius 2 is 2.15 bits per heavy atom. The molecule has 1 aliphatic heterocycles. The van der Waals surface area contributed by atoms with Gasteiger partial charge in [-0.1, -0.05) is 30.0 Å². The zero-order valence-corrected chi connectivity index (χ0v) is 12.5. The summed E-state index contributed by atoms with van der Waals surface area (Å²) in [6.07, 6.45) is 0.575. The Bertz CT molecular complexity index is 464. The van der Waals surface area contributed by atoms with Crippen molar-refractivity contribution in [2.75, 3.05) is 30.7 Å². The first-order valence-corrected chi connectivity index (χ1v) is 7.84. The molecular weight excluding hydrogens is 272 g/mol. The van der Waals surface area contributed by atoms with E-state index in [2.05, 4.69) is 5.32 Å². The van der Waals surface area contributed by atoms with Gasteiger partial charge in [0.2, 0.25) is 5.91 Å². The maximum Gasteiger partial charge on any atom is 0.223 e. The molecule has 1 N–H and O–H groups in total. The molecule has 0 radical (unpaired) electrons. The van der Waals surface area contributed by atoms with Crippen LogP contribution in [0.25, 0.3) is 0 Å². The van der Waals surface area contributed by atoms with Crippen molar-refractivity contribution in [3.63, 3.8) is 0 Å². The molecule has 0 spiro atoms. The van der Waals surface area contributed by atoms with Crippen LogP contribution in [-0.4, -0.2) is 41.3 Å². The summed E-state index contributed by atoms with van der Waals surface area (Å²) >= 11 is 1.32. The van der Waals surface area contributed by atoms with Crippen LogP contribution in [0.2, 0.25) is 0 Å². The van der Waals surface area contributed by atoms with E-state index in [9.17, 15) is 9.59 Å². The number of amides is 1. The number of anilines is 1. The van der Waals surface area contributed by atoms with Crippen LogP contribution in [0, 0.1) is 5.92 Å². The van der Waals surface area contributed by atoms with E-state index in [-0.39, 0.29) is 11.0 Å². The molecule has 108 valence electrons. The van der Waals surface area contributed by atoms with Gasteiger partial charge in [-0.05, 0) is 18.1 Å². The third-order valence-electron chi connectivity index (χ3n) is 3.30. The third-order valence-corrected chi connectivity index (χ3v) is 4.35. The Labute approximate surface area is 123 Å². The zero-order valence-electron chi connectivity index (χ0n) is 11.7. The fourth-order valence-electron chi connectivity index (χ4n) is 2.31. The predicted molar refractivity (Wildman–Crippen MR) is 82.8 cm³/mol. The van der Waals surface area contributed by atoms with Crippen LogP contribution in [-0.2, 0) is 9.59 Å². The smallest absolute Gasteiger partial charge is 0.223 e. The summed E-state index contributed by atoms with van der Waals surface area (Å²) in [6, 6.07) is 9.97. The first kappa shape index (κ1) is 14.9. The molecule has 4 nitrogen and oxygen atoms in total. The molecule has 1 atom stereocenters. The van der Waals surface area contributed by atoms with Crippen molar-refractivity contribution in [3.8, 4) is 0 Å². The van der Waals surface area contributed by atoms with Gasteiger partial charge in [0, 0.05) is 44.4 Å². The molecule has 1 aliphatic rings. The Kier molecular flexibility index (Phi) is 5.47. The summed E-state index contributed by atoms with van der Waals surface area (Å²) in [4.78, 5) is 24.7. The molecule has 1 saturated heterocycles. The quantitative estimate of drug-likeness (QED) is 0.873. The van der Waals surface area contributed by atoms with Crippen molar-refractivity contribution in [1.82, 2.24) is 4.90 Å². The fourth-order valence-corrected chi connectivity index (χ4v) is 3.00. The normalized spacial score (nSPS) is 18.4. The second kappa shape index (κ2) is 7.33. The van der Waals surface area contributed by atoms with Crippen molar-refractivity contribution in [1.29, 1.82) is 0 Å². The molecule has 5 heteroatoms. The van der Waals surface area contributed by atoms with Crippen molar-refractivity contribution < 1.29 is 9.59 Å². The highest BCUT2D eigenvalue weighted by Crippen LogP contribution is 2.22. The van der Waals surface area contributed by atoms with Gasteiger partial charge in [0.25, 0.3) is 0 Å². The molecule has 20 heavy (non-hydrogen) atoms. The van der Waals surface area contributed by atoms with E-state index in [4.69, 9.17) is 0 Å². The predicted octanol–water partition coefficient (Wildman–Crippen LogP) is 2.23. The summed E-state index contributed by atoms with van der Waals surface area (Å²) in [7, 11) is 0. The molecule has 1 unspecified atom stereocenters. The Morgan fingerprint density at radius 1 is 1.40 bits per heavy atom. The van der Waals surface area contributed by atoms with Gasteiger partial charge in [0.15, 0.2) is 5.12 Å². The van der Waals surface area contributed by atoms with Gasteiger partial charge in [-0.3, -0.25) is 9.59 Å². The van der Waals surface area contributed by atoms with Gasteiger partial charge in [0.05, 0.1) is 0 Å². The lowest BCUT2D eigenvalue weighted by atomic mass is 10.1. The van der Waals surface area contributed by atoms with E-state index in [1.165, 1.54) is 11.8 Å². The van der Waals surface area contributed by atoms with Crippen LogP contribution in [0.1, 0.15) is 13.3 Å². The Morgan fingerprint density at radius 3 is 2.85 bits per heavy atom. The van der Waals surface area contributed by atoms with E-state index >= 15 is 0 Å². The van der Waals surface area contributed by atoms with E-state index in [0.29, 0.717) is 12.3 Å². The number of nitrogens with zero attached hydrogens (tertiary/aromatic N) is 1. The number of hydrogen-bond donors (Lipinski definition) is 1. The second-order valence-electron chi connectivity index (χ2n) is 5.01. The number of carbonyl (C=O) groups is 2. The van der Waals surface area contributed by atoms with Crippen LogP contribution in [0.4, 0.5) is 5.69 Å². The number of nitrogens with one attached hydrogen (secondary N) is 1. The average molecular weight is 292 g/mol. The van der Waals surface area contributed by atoms with Crippen molar-refractivity contribution in [2.45, 2.75) is 13.3 Å². The van der Waals surface area contributed by atoms with Gasteiger partial charge in [-0.15, -0.1) is 0 Å². The van der Waals surface area contributed by atoms with Crippen LogP contribution < -0.4 is 5.32 Å². The Hall–Kier alpha value is -1.49. The number of benzene rings is 1. The summed E-state index contributed by atoms with van der Waals surface area (Å²) < 4.78 is 0. The number of carbonyl (C=O) groups excluding carboxylic acids is 2. The van der Waals surface area contributed by atoms with Gasteiger partial charge in [-0.2, -0.15) is 0 Å². The van der Waals surface area contributed by atoms with E-state index < -0.39 is 0 Å². The second-order valence-corrected chi connectivity index (χ2v) is 6.20. The monoisotopic (exact) mass is 292 g/mol. The third kappa shape index (κ3) is 4.56. The largest absolute Gasteiger partial charge is 0.383 e. The van der Waals surface area contributed by atoms with E-state index in [0.717, 1.165) is 31.1 Å². The minimum atomic E-state index is 0.127. The minimum absolute atomic E-state index is 0.127. The lowest BCUT2D eigenvalue weighted by Crippen LogP contribution is -2.30. The molecule has 1 heterocycles. The van der Waals surface area contributed by atoms with Crippen LogP contribution >= 0.6 is 11.8 Å². The molecule has 1 aromatic rings. The molecule has 1 amide bonds. The number of likely N-dealkylation sites (tertiary alicyclic amines) is 1. The van der Waals surface area contributed by atoms with Crippen molar-refractivity contribution >= 4 is 28.5 Å². The lowest BCUT2D eigenvalue weighted by molar-refractivity contribution is -0.127. The zero-order chi connectivity index (χ0) is 14.4. The number of rotatable bonds is 6. The molecule has 1 fully saturated rings. The highest BCUT2D eigenvalue weighted by molar-refractivity contribution is 8.13. The molecule has 1 aromatic carbocycles. The van der Waals surface area contributed by atoms with E-state index in [1.54, 1.807) is 6.92 Å². The maximum absolute atomic E-state index is 11.9. The number of hydrogen-bond acceptors (Lipinski definition) is 4. The van der Waals surface area contributed by atoms with Gasteiger partial charge in [0.1, 0.15) is 0 Å². The summed E-state index contributed by atoms with van der Waals surface area (Å²) in [6.45, 7) is 3.82. The van der Waals surface area contributed by atoms with Crippen LogP contribution in [0.3, 0.4) is 0 Å². The van der Waals surface area contributed by atoms with Gasteiger partial charge < -0.3 is 10.2 Å². The SMILES string of the molecule is CC(=O)SCC1CC(=O)N(CCNc2ccccc2)C1. The number of thioether (sulfide) groups is 1. The van der Waals surface area contributed by atoms with Crippen molar-refractivity contribution in [3.05, 3.63) is 30.3 Å². The standard InChI is InChI=1S/C15H20N2O2S/c1-12(18)20-11-13-9-15(19)17(10-13)8-7-16-14-5-3-2-4-6-14/h2-6,13,16H,7-11H2,1H3. The van der Waals surface area contributed by atoms with Crippen LogP contribution in [0.15, 0.2) is 30.3 Å². The molecule has 0 aliphatic carbocycles. The van der Waals surface area contributed by atoms with Gasteiger partial charge in [-0.25, -0.2) is 0 Å². The van der Waals surface area contributed by atoms with Crippen LogP contribution in [0.5, 0.6) is 0 Å². The summed E-state index contributed by atoms with van der Waals surface area (Å²) in [5.74, 6) is 1.27. The molecular formula is C15H20N2O2S. The lowest BCUT2D eigenvalue weighted by Gasteiger charge is -2.17. The topological polar surface area (TPSA) is 49.4 Å². The molecule has 0 bridgehead atoms. The molecule has 2 rings (SSSR count). The summed E-state index contributed by atoms with van der Waals surface area (Å²) in [5.41, 5.74) is 1.07. The van der Waals surface area contributed by atoms with Gasteiger partial charge >= 0.3 is 0 Å². The highest BCUT2D eigenvalue weighted by Gasteiger charge is 2.29.